The Hall–Kier alpha value is -0.480. The maximum Gasteiger partial charge on any atom is 0.253 e. The van der Waals surface area contributed by atoms with E-state index in [0.29, 0.717) is 13.1 Å². The molecule has 0 aromatic carbocycles. The Morgan fingerprint density at radius 3 is 2.24 bits per heavy atom. The van der Waals surface area contributed by atoms with Crippen LogP contribution in [0.1, 0.15) is 32.1 Å². The fourth-order valence-electron chi connectivity index (χ4n) is 1.96. The first-order valence-corrected chi connectivity index (χ1v) is 6.82. The van der Waals surface area contributed by atoms with E-state index in [2.05, 4.69) is 10.6 Å². The van der Waals surface area contributed by atoms with Gasteiger partial charge in [-0.25, -0.2) is 0 Å². The predicted octanol–water partition coefficient (Wildman–Crippen LogP) is 1.60. The van der Waals surface area contributed by atoms with Crippen LogP contribution in [-0.2, 0) is 9.59 Å². The quantitative estimate of drug-likeness (QED) is 0.594. The molecule has 0 bridgehead atoms. The predicted molar refractivity (Wildman–Crippen MR) is 68.1 cm³/mol. The molecule has 4 nitrogen and oxygen atoms in total. The molecule has 1 aliphatic rings. The van der Waals surface area contributed by atoms with Crippen molar-refractivity contribution in [1.82, 2.24) is 10.6 Å². The Morgan fingerprint density at radius 1 is 1.06 bits per heavy atom. The number of hydrogen-bond acceptors (Lipinski definition) is 2. The van der Waals surface area contributed by atoms with Crippen LogP contribution in [0.5, 0.6) is 0 Å². The third-order valence-electron chi connectivity index (χ3n) is 2.90. The van der Waals surface area contributed by atoms with Crippen molar-refractivity contribution < 1.29 is 9.59 Å². The normalized spacial score (nSPS) is 16.9. The molecule has 0 radical (unpaired) electrons. The zero-order chi connectivity index (χ0) is 12.7. The Bertz CT molecular complexity index is 266. The summed E-state index contributed by atoms with van der Waals surface area (Å²) in [4.78, 5) is 21.7. The number of amides is 2. The first-order valence-electron chi connectivity index (χ1n) is 5.95. The summed E-state index contributed by atoms with van der Waals surface area (Å²) in [5, 5.41) is 5.33. The zero-order valence-corrected chi connectivity index (χ0v) is 11.2. The number of nitrogens with one attached hydrogen (secondary N) is 2. The fourth-order valence-corrected chi connectivity index (χ4v) is 2.11. The standard InChI is InChI=1S/C11H18Cl2N2O2/c12-9(13)11(17)15-7-6-14-10(16)8-4-2-1-3-5-8/h8-9H,1-7H2,(H,14,16)(H,15,17). The van der Waals surface area contributed by atoms with E-state index in [0.717, 1.165) is 25.7 Å². The average Bonchev–Trinajstić information content (AvgIpc) is 2.35. The fraction of sp³-hybridized carbons (Fsp3) is 0.818. The topological polar surface area (TPSA) is 58.2 Å². The number of carbonyl (C=O) groups is 2. The minimum Gasteiger partial charge on any atom is -0.354 e. The van der Waals surface area contributed by atoms with Crippen LogP contribution in [0.4, 0.5) is 0 Å². The van der Waals surface area contributed by atoms with Gasteiger partial charge in [0.1, 0.15) is 0 Å². The molecule has 1 saturated carbocycles. The molecule has 6 heteroatoms. The summed E-state index contributed by atoms with van der Waals surface area (Å²) in [5.41, 5.74) is 0. The van der Waals surface area contributed by atoms with E-state index in [-0.39, 0.29) is 11.8 Å². The van der Waals surface area contributed by atoms with Crippen molar-refractivity contribution in [3.63, 3.8) is 0 Å². The highest BCUT2D eigenvalue weighted by Gasteiger charge is 2.20. The van der Waals surface area contributed by atoms with Gasteiger partial charge < -0.3 is 10.6 Å². The van der Waals surface area contributed by atoms with Gasteiger partial charge in [-0.15, -0.1) is 0 Å². The van der Waals surface area contributed by atoms with Gasteiger partial charge in [0.15, 0.2) is 4.84 Å². The summed E-state index contributed by atoms with van der Waals surface area (Å²) in [5.74, 6) is -0.194. The minimum atomic E-state index is -1.05. The third kappa shape index (κ3) is 5.59. The largest absolute Gasteiger partial charge is 0.354 e. The molecule has 17 heavy (non-hydrogen) atoms. The van der Waals surface area contributed by atoms with Crippen molar-refractivity contribution in [2.75, 3.05) is 13.1 Å². The second-order valence-electron chi connectivity index (χ2n) is 4.22. The van der Waals surface area contributed by atoms with Crippen molar-refractivity contribution in [3.8, 4) is 0 Å². The van der Waals surface area contributed by atoms with Crippen LogP contribution in [0.25, 0.3) is 0 Å². The molecule has 0 aliphatic heterocycles. The van der Waals surface area contributed by atoms with Crippen LogP contribution in [0.2, 0.25) is 0 Å². The van der Waals surface area contributed by atoms with Gasteiger partial charge in [0, 0.05) is 19.0 Å². The number of hydrogen-bond donors (Lipinski definition) is 2. The van der Waals surface area contributed by atoms with Crippen LogP contribution in [0.3, 0.4) is 0 Å². The highest BCUT2D eigenvalue weighted by Crippen LogP contribution is 2.23. The van der Waals surface area contributed by atoms with Gasteiger partial charge in [-0.2, -0.15) is 0 Å². The van der Waals surface area contributed by atoms with E-state index < -0.39 is 10.7 Å². The van der Waals surface area contributed by atoms with Gasteiger partial charge in [-0.3, -0.25) is 9.59 Å². The molecule has 1 fully saturated rings. The summed E-state index contributed by atoms with van der Waals surface area (Å²) in [6.07, 6.45) is 5.45. The Morgan fingerprint density at radius 2 is 1.65 bits per heavy atom. The lowest BCUT2D eigenvalue weighted by atomic mass is 9.89. The van der Waals surface area contributed by atoms with Crippen molar-refractivity contribution >= 4 is 35.0 Å². The van der Waals surface area contributed by atoms with Crippen LogP contribution in [-0.4, -0.2) is 29.7 Å². The number of rotatable bonds is 5. The maximum absolute atomic E-state index is 11.7. The van der Waals surface area contributed by atoms with E-state index in [1.807, 2.05) is 0 Å². The first-order chi connectivity index (χ1) is 8.11. The van der Waals surface area contributed by atoms with E-state index in [1.165, 1.54) is 6.42 Å². The molecule has 1 rings (SSSR count). The van der Waals surface area contributed by atoms with E-state index in [9.17, 15) is 9.59 Å². The smallest absolute Gasteiger partial charge is 0.253 e. The van der Waals surface area contributed by atoms with Gasteiger partial charge in [0.25, 0.3) is 5.91 Å². The van der Waals surface area contributed by atoms with Gasteiger partial charge in [-0.1, -0.05) is 42.5 Å². The molecular formula is C11H18Cl2N2O2. The van der Waals surface area contributed by atoms with E-state index in [1.54, 1.807) is 0 Å². The Labute approximate surface area is 111 Å². The number of halogens is 2. The van der Waals surface area contributed by atoms with Crippen LogP contribution in [0, 0.1) is 5.92 Å². The second kappa shape index (κ2) is 7.77. The summed E-state index contributed by atoms with van der Waals surface area (Å²) in [6, 6.07) is 0. The molecule has 0 heterocycles. The molecule has 98 valence electrons. The molecule has 0 aromatic heterocycles. The first kappa shape index (κ1) is 14.6. The molecule has 0 spiro atoms. The lowest BCUT2D eigenvalue weighted by Crippen LogP contribution is -2.39. The SMILES string of the molecule is O=C(NCCNC(=O)C1CCCCC1)C(Cl)Cl. The molecule has 2 amide bonds. The molecule has 1 aliphatic carbocycles. The van der Waals surface area contributed by atoms with Crippen molar-refractivity contribution in [1.29, 1.82) is 0 Å². The minimum absolute atomic E-state index is 0.0900. The monoisotopic (exact) mass is 280 g/mol. The number of alkyl halides is 2. The van der Waals surface area contributed by atoms with Crippen LogP contribution in [0.15, 0.2) is 0 Å². The van der Waals surface area contributed by atoms with Crippen molar-refractivity contribution in [3.05, 3.63) is 0 Å². The maximum atomic E-state index is 11.7. The Kier molecular flexibility index (Phi) is 6.66. The van der Waals surface area contributed by atoms with Gasteiger partial charge in [-0.05, 0) is 12.8 Å². The zero-order valence-electron chi connectivity index (χ0n) is 9.68. The lowest BCUT2D eigenvalue weighted by molar-refractivity contribution is -0.126. The molecule has 0 saturated heterocycles. The summed E-state index contributed by atoms with van der Waals surface area (Å²) in [6.45, 7) is 0.773. The number of carbonyl (C=O) groups excluding carboxylic acids is 2. The lowest BCUT2D eigenvalue weighted by Gasteiger charge is -2.20. The highest BCUT2D eigenvalue weighted by molar-refractivity contribution is 6.53. The third-order valence-corrected chi connectivity index (χ3v) is 3.29. The van der Waals surface area contributed by atoms with Crippen molar-refractivity contribution in [2.24, 2.45) is 5.92 Å². The highest BCUT2D eigenvalue weighted by atomic mass is 35.5. The van der Waals surface area contributed by atoms with Gasteiger partial charge in [0.2, 0.25) is 5.91 Å². The summed E-state index contributed by atoms with van der Waals surface area (Å²) < 4.78 is 0. The van der Waals surface area contributed by atoms with Gasteiger partial charge >= 0.3 is 0 Å². The van der Waals surface area contributed by atoms with Gasteiger partial charge in [0.05, 0.1) is 0 Å². The molecular weight excluding hydrogens is 263 g/mol. The summed E-state index contributed by atoms with van der Waals surface area (Å²) in [7, 11) is 0. The Balaban J connectivity index is 2.09. The summed E-state index contributed by atoms with van der Waals surface area (Å²) >= 11 is 10.7. The average molecular weight is 281 g/mol. The second-order valence-corrected chi connectivity index (χ2v) is 5.31. The molecule has 0 unspecified atom stereocenters. The molecule has 0 aromatic rings. The molecule has 0 atom stereocenters. The van der Waals surface area contributed by atoms with E-state index in [4.69, 9.17) is 23.2 Å². The van der Waals surface area contributed by atoms with Crippen molar-refractivity contribution in [2.45, 2.75) is 36.9 Å². The van der Waals surface area contributed by atoms with Crippen LogP contribution >= 0.6 is 23.2 Å². The van der Waals surface area contributed by atoms with E-state index >= 15 is 0 Å². The molecule has 2 N–H and O–H groups in total. The van der Waals surface area contributed by atoms with Crippen LogP contribution < -0.4 is 10.6 Å².